The second-order valence-electron chi connectivity index (χ2n) is 10.2. The van der Waals surface area contributed by atoms with Gasteiger partial charge in [-0.1, -0.05) is 26.8 Å². The molecular formula is C27H30N6O6S. The number of nitrogens with two attached hydrogens (primary N) is 1. The number of aromatic nitrogens is 2. The van der Waals surface area contributed by atoms with Crippen molar-refractivity contribution in [2.75, 3.05) is 18.1 Å². The summed E-state index contributed by atoms with van der Waals surface area (Å²) in [6.45, 7) is 7.73. The van der Waals surface area contributed by atoms with E-state index in [9.17, 15) is 22.8 Å². The maximum atomic E-state index is 13.3. The highest BCUT2D eigenvalue weighted by atomic mass is 32.2. The van der Waals surface area contributed by atoms with Crippen LogP contribution in [0.3, 0.4) is 0 Å². The highest BCUT2D eigenvalue weighted by Gasteiger charge is 2.25. The maximum Gasteiger partial charge on any atom is 0.354 e. The number of anilines is 1. The number of nitrogens with zero attached hydrogens (tertiary/aromatic N) is 2. The number of aryl methyl sites for hydroxylation is 1. The van der Waals surface area contributed by atoms with Crippen LogP contribution in [0.4, 0.5) is 5.69 Å². The fraction of sp³-hybridized carbons (Fsp3) is 0.259. The van der Waals surface area contributed by atoms with E-state index in [1.165, 1.54) is 24.4 Å². The second kappa shape index (κ2) is 11.6. The standard InChI is InChI=1S/C27H30N6O6S/c1-15-30-13-21(22(32-15)25(35)33-18-9-6-16(7-10-18)23(28)29)19-11-8-17(24(34)31-14-27(2,3)4)12-20(19)26(36)39-40(5,37)38/h6-13H,14H2,1-5H3,(H3,28,29)(H,31,34)(H,33,35). The van der Waals surface area contributed by atoms with Crippen molar-refractivity contribution >= 4 is 39.4 Å². The topological polar surface area (TPSA) is 194 Å². The Morgan fingerprint density at radius 2 is 1.62 bits per heavy atom. The first-order valence-corrected chi connectivity index (χ1v) is 13.8. The lowest BCUT2D eigenvalue weighted by molar-refractivity contribution is 0.0748. The first-order valence-electron chi connectivity index (χ1n) is 12.0. The van der Waals surface area contributed by atoms with Crippen molar-refractivity contribution in [2.45, 2.75) is 27.7 Å². The first kappa shape index (κ1) is 29.9. The minimum absolute atomic E-state index is 0.0815. The molecule has 0 aliphatic rings. The van der Waals surface area contributed by atoms with Gasteiger partial charge in [0.2, 0.25) is 0 Å². The predicted molar refractivity (Wildman–Crippen MR) is 150 cm³/mol. The summed E-state index contributed by atoms with van der Waals surface area (Å²) in [6.07, 6.45) is 2.04. The average Bonchev–Trinajstić information content (AvgIpc) is 2.85. The number of amides is 2. The van der Waals surface area contributed by atoms with Gasteiger partial charge in [0.15, 0.2) is 0 Å². The van der Waals surface area contributed by atoms with E-state index in [0.717, 1.165) is 6.26 Å². The Bertz CT molecular complexity index is 1590. The van der Waals surface area contributed by atoms with Crippen LogP contribution in [0.15, 0.2) is 48.7 Å². The number of carbonyl (C=O) groups excluding carboxylic acids is 3. The number of benzene rings is 2. The largest absolute Gasteiger partial charge is 0.384 e. The fourth-order valence-electron chi connectivity index (χ4n) is 3.48. The number of nitrogens with one attached hydrogen (secondary N) is 3. The van der Waals surface area contributed by atoms with Crippen molar-refractivity contribution in [1.29, 1.82) is 5.41 Å². The molecule has 0 fully saturated rings. The quantitative estimate of drug-likeness (QED) is 0.180. The Hall–Kier alpha value is -4.65. The molecule has 3 aromatic rings. The Morgan fingerprint density at radius 1 is 1.00 bits per heavy atom. The van der Waals surface area contributed by atoms with Crippen molar-refractivity contribution in [1.82, 2.24) is 15.3 Å². The number of nitrogen functional groups attached to an aromatic ring is 1. The lowest BCUT2D eigenvalue weighted by atomic mass is 9.95. The monoisotopic (exact) mass is 566 g/mol. The molecule has 0 saturated heterocycles. The second-order valence-corrected chi connectivity index (χ2v) is 11.8. The van der Waals surface area contributed by atoms with Gasteiger partial charge in [0.05, 0.1) is 11.8 Å². The van der Waals surface area contributed by atoms with E-state index < -0.39 is 27.9 Å². The Labute approximate surface area is 232 Å². The zero-order chi connectivity index (χ0) is 29.8. The van der Waals surface area contributed by atoms with E-state index in [-0.39, 0.29) is 45.0 Å². The molecule has 0 spiro atoms. The van der Waals surface area contributed by atoms with Crippen LogP contribution in [0.1, 0.15) is 63.4 Å². The van der Waals surface area contributed by atoms with Gasteiger partial charge in [-0.3, -0.25) is 15.0 Å². The van der Waals surface area contributed by atoms with Gasteiger partial charge in [0, 0.05) is 40.7 Å². The molecule has 0 aliphatic carbocycles. The number of rotatable bonds is 8. The molecule has 0 bridgehead atoms. The van der Waals surface area contributed by atoms with Gasteiger partial charge in [-0.05, 0) is 48.7 Å². The van der Waals surface area contributed by atoms with Crippen LogP contribution in [0, 0.1) is 17.7 Å². The van der Waals surface area contributed by atoms with E-state index in [1.54, 1.807) is 31.2 Å². The number of hydrogen-bond acceptors (Lipinski definition) is 9. The van der Waals surface area contributed by atoms with Crippen LogP contribution >= 0.6 is 0 Å². The summed E-state index contributed by atoms with van der Waals surface area (Å²) in [7, 11) is -4.20. The third-order valence-electron chi connectivity index (χ3n) is 5.38. The van der Waals surface area contributed by atoms with E-state index in [2.05, 4.69) is 24.8 Å². The van der Waals surface area contributed by atoms with Crippen molar-refractivity contribution < 1.29 is 27.0 Å². The van der Waals surface area contributed by atoms with Gasteiger partial charge < -0.3 is 20.6 Å². The van der Waals surface area contributed by atoms with Crippen molar-refractivity contribution in [3.8, 4) is 11.1 Å². The molecule has 0 aliphatic heterocycles. The van der Waals surface area contributed by atoms with Crippen molar-refractivity contribution in [3.05, 3.63) is 76.9 Å². The Kier molecular flexibility index (Phi) is 8.68. The predicted octanol–water partition coefficient (Wildman–Crippen LogP) is 2.88. The molecule has 2 aromatic carbocycles. The minimum atomic E-state index is -4.20. The van der Waals surface area contributed by atoms with Gasteiger partial charge in [-0.25, -0.2) is 14.8 Å². The van der Waals surface area contributed by atoms with E-state index in [1.807, 2.05) is 20.8 Å². The van der Waals surface area contributed by atoms with Crippen LogP contribution in [-0.4, -0.2) is 54.8 Å². The zero-order valence-corrected chi connectivity index (χ0v) is 23.5. The fourth-order valence-corrected chi connectivity index (χ4v) is 3.85. The summed E-state index contributed by atoms with van der Waals surface area (Å²) >= 11 is 0. The third kappa shape index (κ3) is 7.93. The minimum Gasteiger partial charge on any atom is -0.384 e. The van der Waals surface area contributed by atoms with Crippen LogP contribution in [0.2, 0.25) is 0 Å². The first-order chi connectivity index (χ1) is 18.5. The van der Waals surface area contributed by atoms with Gasteiger partial charge in [-0.15, -0.1) is 0 Å². The molecule has 1 heterocycles. The molecule has 3 rings (SSSR count). The van der Waals surface area contributed by atoms with Crippen LogP contribution in [0.25, 0.3) is 11.1 Å². The van der Waals surface area contributed by atoms with Crippen LogP contribution in [0.5, 0.6) is 0 Å². The summed E-state index contributed by atoms with van der Waals surface area (Å²) < 4.78 is 28.1. The number of hydrogen-bond donors (Lipinski definition) is 4. The smallest absolute Gasteiger partial charge is 0.354 e. The highest BCUT2D eigenvalue weighted by Crippen LogP contribution is 2.29. The van der Waals surface area contributed by atoms with Gasteiger partial charge in [-0.2, -0.15) is 8.42 Å². The lowest BCUT2D eigenvalue weighted by Crippen LogP contribution is -2.32. The molecule has 1 aromatic heterocycles. The summed E-state index contributed by atoms with van der Waals surface area (Å²) in [5.41, 5.74) is 6.01. The highest BCUT2D eigenvalue weighted by molar-refractivity contribution is 7.86. The molecule has 2 amide bonds. The lowest BCUT2D eigenvalue weighted by Gasteiger charge is -2.19. The summed E-state index contributed by atoms with van der Waals surface area (Å²) in [5, 5.41) is 13.0. The zero-order valence-electron chi connectivity index (χ0n) is 22.7. The van der Waals surface area contributed by atoms with E-state index >= 15 is 0 Å². The van der Waals surface area contributed by atoms with Gasteiger partial charge >= 0.3 is 16.1 Å². The Balaban J connectivity index is 2.08. The molecule has 210 valence electrons. The molecular weight excluding hydrogens is 536 g/mol. The van der Waals surface area contributed by atoms with Crippen molar-refractivity contribution in [3.63, 3.8) is 0 Å². The SMILES string of the molecule is Cc1ncc(-c2ccc(C(=O)NCC(C)(C)C)cc2C(=O)OS(C)(=O)=O)c(C(=O)Nc2ccc(C(=N)N)cc2)n1. The summed E-state index contributed by atoms with van der Waals surface area (Å²) in [4.78, 5) is 47.5. The number of amidine groups is 1. The normalized spacial score (nSPS) is 11.4. The maximum absolute atomic E-state index is 13.3. The average molecular weight is 567 g/mol. The molecule has 0 saturated carbocycles. The van der Waals surface area contributed by atoms with Crippen LogP contribution < -0.4 is 16.4 Å². The Morgan fingerprint density at radius 3 is 2.20 bits per heavy atom. The molecule has 12 nitrogen and oxygen atoms in total. The molecule has 5 N–H and O–H groups in total. The molecule has 0 unspecified atom stereocenters. The third-order valence-corrected chi connectivity index (χ3v) is 5.83. The summed E-state index contributed by atoms with van der Waals surface area (Å²) in [5.74, 6) is -2.24. The van der Waals surface area contributed by atoms with Gasteiger partial charge in [0.1, 0.15) is 17.4 Å². The van der Waals surface area contributed by atoms with Crippen LogP contribution in [-0.2, 0) is 14.3 Å². The number of carbonyl (C=O) groups is 3. The van der Waals surface area contributed by atoms with Gasteiger partial charge in [0.25, 0.3) is 11.8 Å². The molecule has 0 radical (unpaired) electrons. The molecule has 13 heteroatoms. The van der Waals surface area contributed by atoms with E-state index in [4.69, 9.17) is 11.1 Å². The molecule has 0 atom stereocenters. The van der Waals surface area contributed by atoms with Crippen molar-refractivity contribution in [2.24, 2.45) is 11.1 Å². The van der Waals surface area contributed by atoms with E-state index in [0.29, 0.717) is 17.8 Å². The summed E-state index contributed by atoms with van der Waals surface area (Å²) in [6, 6.07) is 10.3. The molecule has 40 heavy (non-hydrogen) atoms.